The fourth-order valence-electron chi connectivity index (χ4n) is 1.72. The molecular weight excluding hydrogens is 301 g/mol. The molecule has 1 N–H and O–H groups in total. The van der Waals surface area contributed by atoms with Crippen molar-refractivity contribution in [3.8, 4) is 0 Å². The number of halogens is 3. The Bertz CT molecular complexity index is 450. The van der Waals surface area contributed by atoms with Crippen LogP contribution in [0.1, 0.15) is 50.2 Å². The van der Waals surface area contributed by atoms with Crippen LogP contribution in [0.15, 0.2) is 0 Å². The second kappa shape index (κ2) is 7.07. The van der Waals surface area contributed by atoms with Crippen LogP contribution in [-0.4, -0.2) is 23.8 Å². The predicted molar refractivity (Wildman–Crippen MR) is 78.5 cm³/mol. The van der Waals surface area contributed by atoms with Gasteiger partial charge in [-0.05, 0) is 0 Å². The first-order chi connectivity index (χ1) is 9.49. The Hall–Kier alpha value is -0.660. The van der Waals surface area contributed by atoms with Crippen molar-refractivity contribution in [3.05, 3.63) is 15.6 Å². The minimum absolute atomic E-state index is 0.102. The van der Waals surface area contributed by atoms with Crippen LogP contribution in [0.2, 0.25) is 0 Å². The number of thiazole rings is 1. The van der Waals surface area contributed by atoms with Crippen molar-refractivity contribution < 1.29 is 17.9 Å². The van der Waals surface area contributed by atoms with Gasteiger partial charge in [0, 0.05) is 22.9 Å². The molecule has 0 radical (unpaired) electrons. The first-order valence-corrected chi connectivity index (χ1v) is 7.67. The van der Waals surface area contributed by atoms with E-state index in [1.807, 2.05) is 34.6 Å². The molecule has 0 aliphatic heterocycles. The highest BCUT2D eigenvalue weighted by atomic mass is 32.1. The molecule has 1 rings (SSSR count). The van der Waals surface area contributed by atoms with Gasteiger partial charge in [-0.15, -0.1) is 11.3 Å². The average molecular weight is 324 g/mol. The lowest BCUT2D eigenvalue weighted by molar-refractivity contribution is -0.176. The Kier molecular flexibility index (Phi) is 6.19. The van der Waals surface area contributed by atoms with Gasteiger partial charge in [0.1, 0.15) is 11.6 Å². The van der Waals surface area contributed by atoms with Gasteiger partial charge in [-0.25, -0.2) is 4.98 Å². The van der Waals surface area contributed by atoms with Crippen molar-refractivity contribution in [3.63, 3.8) is 0 Å². The maximum absolute atomic E-state index is 12.1. The van der Waals surface area contributed by atoms with Crippen LogP contribution >= 0.6 is 11.3 Å². The fraction of sp³-hybridized carbons (Fsp3) is 0.786. The van der Waals surface area contributed by atoms with Crippen molar-refractivity contribution in [2.75, 3.05) is 6.61 Å². The molecule has 0 spiro atoms. The topological polar surface area (TPSA) is 34.1 Å². The first kappa shape index (κ1) is 18.4. The molecule has 0 aliphatic carbocycles. The van der Waals surface area contributed by atoms with Gasteiger partial charge in [0.05, 0.1) is 12.3 Å². The van der Waals surface area contributed by atoms with Crippen molar-refractivity contribution in [2.45, 2.75) is 65.4 Å². The minimum Gasteiger partial charge on any atom is -0.365 e. The van der Waals surface area contributed by atoms with Crippen LogP contribution in [0.4, 0.5) is 13.2 Å². The van der Waals surface area contributed by atoms with Gasteiger partial charge in [0.15, 0.2) is 0 Å². The number of ether oxygens (including phenoxy) is 1. The van der Waals surface area contributed by atoms with Crippen molar-refractivity contribution in [1.82, 2.24) is 10.3 Å². The molecule has 0 saturated heterocycles. The van der Waals surface area contributed by atoms with E-state index in [0.29, 0.717) is 17.6 Å². The summed E-state index contributed by atoms with van der Waals surface area (Å²) in [5.41, 5.74) is 0.776. The van der Waals surface area contributed by atoms with Crippen molar-refractivity contribution in [1.29, 1.82) is 0 Å². The van der Waals surface area contributed by atoms with E-state index < -0.39 is 12.8 Å². The molecule has 0 aromatic carbocycles. The molecule has 0 bridgehead atoms. The second-order valence-corrected chi connectivity index (χ2v) is 7.44. The van der Waals surface area contributed by atoms with E-state index in [1.54, 1.807) is 0 Å². The van der Waals surface area contributed by atoms with Crippen LogP contribution in [0.3, 0.4) is 0 Å². The van der Waals surface area contributed by atoms with Gasteiger partial charge in [-0.3, -0.25) is 0 Å². The monoisotopic (exact) mass is 324 g/mol. The molecule has 0 atom stereocenters. The van der Waals surface area contributed by atoms with Gasteiger partial charge in [-0.2, -0.15) is 13.2 Å². The molecule has 0 fully saturated rings. The smallest absolute Gasteiger partial charge is 0.365 e. The number of aromatic nitrogens is 1. The van der Waals surface area contributed by atoms with E-state index in [1.165, 1.54) is 11.3 Å². The van der Waals surface area contributed by atoms with E-state index in [2.05, 4.69) is 10.3 Å². The minimum atomic E-state index is -4.30. The number of nitrogens with zero attached hydrogens (tertiary/aromatic N) is 1. The highest BCUT2D eigenvalue weighted by Gasteiger charge is 2.28. The van der Waals surface area contributed by atoms with Gasteiger partial charge in [-0.1, -0.05) is 34.6 Å². The molecule has 3 nitrogen and oxygen atoms in total. The molecule has 122 valence electrons. The van der Waals surface area contributed by atoms with Crippen LogP contribution < -0.4 is 5.32 Å². The number of hydrogen-bond acceptors (Lipinski definition) is 4. The van der Waals surface area contributed by atoms with Crippen molar-refractivity contribution in [2.24, 2.45) is 0 Å². The summed E-state index contributed by atoms with van der Waals surface area (Å²) in [5, 5.41) is 3.91. The summed E-state index contributed by atoms with van der Waals surface area (Å²) in [5.74, 6) is 0. The van der Waals surface area contributed by atoms with Gasteiger partial charge < -0.3 is 10.1 Å². The molecule has 0 aliphatic rings. The summed E-state index contributed by atoms with van der Waals surface area (Å²) in [6.07, 6.45) is -4.30. The summed E-state index contributed by atoms with van der Waals surface area (Å²) in [7, 11) is 0. The maximum atomic E-state index is 12.1. The summed E-state index contributed by atoms with van der Waals surface area (Å²) in [4.78, 5) is 5.52. The van der Waals surface area contributed by atoms with Crippen LogP contribution in [-0.2, 0) is 23.3 Å². The molecule has 0 unspecified atom stereocenters. The van der Waals surface area contributed by atoms with E-state index in [-0.39, 0.29) is 12.0 Å². The third-order valence-electron chi connectivity index (χ3n) is 2.61. The second-order valence-electron chi connectivity index (χ2n) is 6.27. The van der Waals surface area contributed by atoms with Gasteiger partial charge >= 0.3 is 6.18 Å². The van der Waals surface area contributed by atoms with Crippen LogP contribution in [0.25, 0.3) is 0 Å². The van der Waals surface area contributed by atoms with Crippen LogP contribution in [0.5, 0.6) is 0 Å². The zero-order valence-electron chi connectivity index (χ0n) is 13.1. The number of alkyl halides is 3. The number of rotatable bonds is 6. The third-order valence-corrected chi connectivity index (χ3v) is 3.64. The predicted octanol–water partition coefficient (Wildman–Crippen LogP) is 4.02. The fourth-order valence-corrected chi connectivity index (χ4v) is 2.89. The summed E-state index contributed by atoms with van der Waals surface area (Å²) >= 11 is 1.41. The highest BCUT2D eigenvalue weighted by molar-refractivity contribution is 7.11. The molecule has 0 amide bonds. The lowest BCUT2D eigenvalue weighted by Gasteiger charge is -2.18. The highest BCUT2D eigenvalue weighted by Crippen LogP contribution is 2.30. The largest absolute Gasteiger partial charge is 0.411 e. The Morgan fingerprint density at radius 2 is 1.86 bits per heavy atom. The molecule has 7 heteroatoms. The Balaban J connectivity index is 2.78. The lowest BCUT2D eigenvalue weighted by Crippen LogP contribution is -2.23. The zero-order valence-corrected chi connectivity index (χ0v) is 13.9. The third kappa shape index (κ3) is 6.76. The van der Waals surface area contributed by atoms with Crippen molar-refractivity contribution >= 4 is 11.3 Å². The Labute approximate surface area is 127 Å². The SMILES string of the molecule is CC(C)NCc1sc(COCC(F)(F)F)nc1C(C)(C)C. The summed E-state index contributed by atoms with van der Waals surface area (Å²) < 4.78 is 41.0. The van der Waals surface area contributed by atoms with E-state index in [9.17, 15) is 13.2 Å². The first-order valence-electron chi connectivity index (χ1n) is 6.86. The molecule has 1 aromatic heterocycles. The molecule has 1 heterocycles. The van der Waals surface area contributed by atoms with E-state index >= 15 is 0 Å². The zero-order chi connectivity index (χ0) is 16.3. The molecule has 0 saturated carbocycles. The normalized spacial score (nSPS) is 13.2. The number of nitrogens with one attached hydrogen (secondary N) is 1. The molecule has 21 heavy (non-hydrogen) atoms. The quantitative estimate of drug-likeness (QED) is 0.858. The van der Waals surface area contributed by atoms with Crippen LogP contribution in [0, 0.1) is 0 Å². The Morgan fingerprint density at radius 3 is 2.33 bits per heavy atom. The molecule has 1 aromatic rings. The average Bonchev–Trinajstić information content (AvgIpc) is 2.67. The number of hydrogen-bond donors (Lipinski definition) is 1. The lowest BCUT2D eigenvalue weighted by atomic mass is 9.91. The summed E-state index contributed by atoms with van der Waals surface area (Å²) in [6, 6.07) is 0.338. The van der Waals surface area contributed by atoms with E-state index in [4.69, 9.17) is 4.74 Å². The maximum Gasteiger partial charge on any atom is 0.411 e. The standard InChI is InChI=1S/C14H23F3N2OS/c1-9(2)18-6-10-12(13(3,4)5)19-11(21-10)7-20-8-14(15,16)17/h9,18H,6-8H2,1-5H3. The summed E-state index contributed by atoms with van der Waals surface area (Å²) in [6.45, 7) is 9.55. The van der Waals surface area contributed by atoms with Gasteiger partial charge in [0.2, 0.25) is 0 Å². The van der Waals surface area contributed by atoms with Gasteiger partial charge in [0.25, 0.3) is 0 Å². The van der Waals surface area contributed by atoms with E-state index in [0.717, 1.165) is 10.6 Å². The molecular formula is C14H23F3N2OS. The Morgan fingerprint density at radius 1 is 1.24 bits per heavy atom.